The number of aromatic nitrogens is 2. The summed E-state index contributed by atoms with van der Waals surface area (Å²) in [5.41, 5.74) is 4.95. The third-order valence-corrected chi connectivity index (χ3v) is 7.04. The fraction of sp³-hybridized carbons (Fsp3) is 0.435. The molecule has 0 saturated heterocycles. The highest BCUT2D eigenvalue weighted by Gasteiger charge is 2.34. The Kier molecular flexibility index (Phi) is 4.57. The molecule has 3 nitrogen and oxygen atoms in total. The van der Waals surface area contributed by atoms with Crippen LogP contribution >= 0.6 is 15.9 Å². The highest BCUT2D eigenvalue weighted by atomic mass is 79.9. The summed E-state index contributed by atoms with van der Waals surface area (Å²) in [5.74, 6) is 1.58. The average Bonchev–Trinajstić information content (AvgIpc) is 3.44. The molecule has 27 heavy (non-hydrogen) atoms. The Morgan fingerprint density at radius 2 is 1.63 bits per heavy atom. The molecule has 2 fully saturated rings. The third-order valence-electron chi connectivity index (χ3n) is 6.51. The summed E-state index contributed by atoms with van der Waals surface area (Å²) in [6.07, 6.45) is 10.3. The van der Waals surface area contributed by atoms with Crippen molar-refractivity contribution in [2.75, 3.05) is 0 Å². The zero-order valence-corrected chi connectivity index (χ0v) is 17.0. The Morgan fingerprint density at radius 1 is 0.926 bits per heavy atom. The molecular formula is C23H25BrN2O. The first-order valence-electron chi connectivity index (χ1n) is 10.1. The van der Waals surface area contributed by atoms with Crippen LogP contribution in [-0.4, -0.2) is 14.5 Å². The first-order valence-corrected chi connectivity index (χ1v) is 10.9. The molecule has 5 rings (SSSR count). The quantitative estimate of drug-likeness (QED) is 0.558. The van der Waals surface area contributed by atoms with Gasteiger partial charge in [0.1, 0.15) is 0 Å². The monoisotopic (exact) mass is 424 g/mol. The number of aliphatic hydroxyl groups is 1. The minimum Gasteiger partial charge on any atom is -0.387 e. The second-order valence-corrected chi connectivity index (χ2v) is 9.16. The van der Waals surface area contributed by atoms with Gasteiger partial charge in [-0.25, -0.2) is 4.98 Å². The molecule has 1 atom stereocenters. The molecule has 1 aromatic carbocycles. The summed E-state index contributed by atoms with van der Waals surface area (Å²) >= 11 is 3.52. The van der Waals surface area contributed by atoms with E-state index >= 15 is 0 Å². The first-order chi connectivity index (χ1) is 13.2. The maximum atomic E-state index is 11.4. The molecule has 0 aliphatic heterocycles. The molecule has 3 aromatic rings. The van der Waals surface area contributed by atoms with Crippen LogP contribution in [0.4, 0.5) is 0 Å². The highest BCUT2D eigenvalue weighted by molar-refractivity contribution is 9.10. The van der Waals surface area contributed by atoms with Crippen molar-refractivity contribution in [3.63, 3.8) is 0 Å². The molecule has 4 heteroatoms. The number of pyridine rings is 1. The maximum Gasteiger partial charge on any atom is 0.0995 e. The van der Waals surface area contributed by atoms with E-state index in [-0.39, 0.29) is 0 Å². The summed E-state index contributed by atoms with van der Waals surface area (Å²) in [5, 5.41) is 11.4. The summed E-state index contributed by atoms with van der Waals surface area (Å²) in [6.45, 7) is 0. The van der Waals surface area contributed by atoms with E-state index in [2.05, 4.69) is 61.7 Å². The lowest BCUT2D eigenvalue weighted by Gasteiger charge is -2.33. The molecule has 0 unspecified atom stereocenters. The number of hydrogen-bond donors (Lipinski definition) is 1. The molecule has 2 saturated carbocycles. The van der Waals surface area contributed by atoms with E-state index in [4.69, 9.17) is 0 Å². The van der Waals surface area contributed by atoms with Gasteiger partial charge in [0, 0.05) is 4.47 Å². The topological polar surface area (TPSA) is 37.5 Å². The number of halogens is 1. The molecule has 2 aromatic heterocycles. The fourth-order valence-electron chi connectivity index (χ4n) is 4.81. The molecule has 0 radical (unpaired) electrons. The smallest absolute Gasteiger partial charge is 0.0995 e. The number of nitrogens with zero attached hydrogens (tertiary/aromatic N) is 2. The fourth-order valence-corrected chi connectivity index (χ4v) is 5.07. The molecule has 2 heterocycles. The molecule has 1 N–H and O–H groups in total. The number of benzene rings is 1. The van der Waals surface area contributed by atoms with Gasteiger partial charge in [-0.3, -0.25) is 0 Å². The van der Waals surface area contributed by atoms with E-state index in [9.17, 15) is 5.11 Å². The second-order valence-electron chi connectivity index (χ2n) is 8.24. The van der Waals surface area contributed by atoms with Gasteiger partial charge in [0.15, 0.2) is 0 Å². The Hall–Kier alpha value is -1.65. The van der Waals surface area contributed by atoms with Crippen LogP contribution in [0.1, 0.15) is 73.3 Å². The van der Waals surface area contributed by atoms with Crippen molar-refractivity contribution in [2.24, 2.45) is 5.92 Å². The molecule has 0 amide bonds. The lowest BCUT2D eigenvalue weighted by Crippen LogP contribution is -2.22. The predicted molar refractivity (Wildman–Crippen MR) is 111 cm³/mol. The molecule has 0 bridgehead atoms. The second kappa shape index (κ2) is 7.06. The van der Waals surface area contributed by atoms with Crippen molar-refractivity contribution < 1.29 is 5.11 Å². The highest BCUT2D eigenvalue weighted by Crippen LogP contribution is 2.47. The van der Waals surface area contributed by atoms with Crippen LogP contribution in [0.25, 0.3) is 5.52 Å². The summed E-state index contributed by atoms with van der Waals surface area (Å²) in [6, 6.07) is 13.1. The third kappa shape index (κ3) is 3.34. The van der Waals surface area contributed by atoms with E-state index in [0.717, 1.165) is 41.4 Å². The van der Waals surface area contributed by atoms with Gasteiger partial charge >= 0.3 is 0 Å². The van der Waals surface area contributed by atoms with Crippen LogP contribution < -0.4 is 0 Å². The van der Waals surface area contributed by atoms with E-state index in [1.165, 1.54) is 24.0 Å². The van der Waals surface area contributed by atoms with E-state index in [1.54, 1.807) is 0 Å². The number of aliphatic hydroxyl groups excluding tert-OH is 1. The lowest BCUT2D eigenvalue weighted by molar-refractivity contribution is 0.0754. The average molecular weight is 425 g/mol. The van der Waals surface area contributed by atoms with Crippen molar-refractivity contribution in [2.45, 2.75) is 56.5 Å². The summed E-state index contributed by atoms with van der Waals surface area (Å²) < 4.78 is 3.26. The summed E-state index contributed by atoms with van der Waals surface area (Å²) in [4.78, 5) is 4.32. The minimum atomic E-state index is -0.399. The number of rotatable bonds is 4. The van der Waals surface area contributed by atoms with E-state index in [0.29, 0.717) is 17.8 Å². The van der Waals surface area contributed by atoms with Crippen LogP contribution in [0.5, 0.6) is 0 Å². The van der Waals surface area contributed by atoms with Gasteiger partial charge in [-0.15, -0.1) is 0 Å². The van der Waals surface area contributed by atoms with Crippen molar-refractivity contribution in [3.05, 3.63) is 70.2 Å². The number of hydrogen-bond acceptors (Lipinski definition) is 2. The first kappa shape index (κ1) is 17.4. The zero-order chi connectivity index (χ0) is 18.4. The molecule has 0 spiro atoms. The van der Waals surface area contributed by atoms with Gasteiger partial charge in [0.05, 0.1) is 29.8 Å². The number of imidazole rings is 1. The molecular weight excluding hydrogens is 400 g/mol. The Labute approximate surface area is 168 Å². The van der Waals surface area contributed by atoms with Gasteiger partial charge in [-0.2, -0.15) is 0 Å². The van der Waals surface area contributed by atoms with Crippen LogP contribution in [0.3, 0.4) is 0 Å². The predicted octanol–water partition coefficient (Wildman–Crippen LogP) is 5.98. The van der Waals surface area contributed by atoms with Crippen molar-refractivity contribution in [1.82, 2.24) is 9.38 Å². The summed E-state index contributed by atoms with van der Waals surface area (Å²) in [7, 11) is 0. The van der Waals surface area contributed by atoms with Crippen LogP contribution in [0.2, 0.25) is 0 Å². The Bertz CT molecular complexity index is 937. The van der Waals surface area contributed by atoms with Crippen LogP contribution in [0, 0.1) is 5.92 Å². The van der Waals surface area contributed by atoms with E-state index < -0.39 is 6.10 Å². The molecule has 2 aliphatic rings. The minimum absolute atomic E-state index is 0.335. The van der Waals surface area contributed by atoms with Crippen LogP contribution in [0.15, 0.2) is 53.4 Å². The van der Waals surface area contributed by atoms with Crippen molar-refractivity contribution in [1.29, 1.82) is 0 Å². The van der Waals surface area contributed by atoms with Gasteiger partial charge in [0.25, 0.3) is 0 Å². The van der Waals surface area contributed by atoms with Crippen LogP contribution in [-0.2, 0) is 0 Å². The van der Waals surface area contributed by atoms with Crippen molar-refractivity contribution >= 4 is 21.4 Å². The largest absolute Gasteiger partial charge is 0.387 e. The number of fused-ring (bicyclic) bond motifs is 1. The van der Waals surface area contributed by atoms with Crippen molar-refractivity contribution in [3.8, 4) is 0 Å². The Morgan fingerprint density at radius 3 is 2.33 bits per heavy atom. The van der Waals surface area contributed by atoms with Gasteiger partial charge in [-0.05, 0) is 85.6 Å². The maximum absolute atomic E-state index is 11.4. The van der Waals surface area contributed by atoms with Gasteiger partial charge in [-0.1, -0.05) is 34.1 Å². The van der Waals surface area contributed by atoms with Gasteiger partial charge in [0.2, 0.25) is 0 Å². The Balaban J connectivity index is 1.37. The lowest BCUT2D eigenvalue weighted by atomic mass is 9.75. The molecule has 2 aliphatic carbocycles. The van der Waals surface area contributed by atoms with Gasteiger partial charge < -0.3 is 9.51 Å². The standard InChI is InChI=1S/C23H25BrN2O/c24-19-9-7-16(8-10-19)15-1-5-18(6-2-15)23(27)22-21(17-3-4-17)12-11-20-13-25-14-26(20)22/h7-15,17-18,23,27H,1-6H2/t15-,18-,23-/m1/s1. The van der Waals surface area contributed by atoms with E-state index in [1.807, 2.05) is 12.5 Å². The molecule has 140 valence electrons. The normalized spacial score (nSPS) is 24.2. The SMILES string of the molecule is O[C@@H](c1c(C2CC2)ccc2cncn12)[C@H]1CC[C@H](c2ccc(Br)cc2)CC1. The zero-order valence-electron chi connectivity index (χ0n) is 15.4.